The first-order valence-electron chi connectivity index (χ1n) is 10.5. The number of aryl methyl sites for hydroxylation is 1. The number of para-hydroxylation sites is 1. The van der Waals surface area contributed by atoms with Crippen LogP contribution in [0, 0.1) is 6.92 Å². The van der Waals surface area contributed by atoms with Crippen LogP contribution >= 0.6 is 0 Å². The summed E-state index contributed by atoms with van der Waals surface area (Å²) in [5, 5.41) is 4.05. The molecule has 4 aromatic rings. The fourth-order valence-corrected chi connectivity index (χ4v) is 3.34. The van der Waals surface area contributed by atoms with Crippen LogP contribution in [-0.4, -0.2) is 12.1 Å². The minimum atomic E-state index is -0.254. The number of carbonyl (C=O) groups is 1. The number of ether oxygens (including phenoxy) is 1. The van der Waals surface area contributed by atoms with E-state index in [0.717, 1.165) is 33.6 Å². The summed E-state index contributed by atoms with van der Waals surface area (Å²) >= 11 is 0. The molecule has 1 N–H and O–H groups in total. The summed E-state index contributed by atoms with van der Waals surface area (Å²) in [4.78, 5) is 12.3. The second kappa shape index (κ2) is 10.2. The Morgan fingerprint density at radius 3 is 2.41 bits per heavy atom. The van der Waals surface area contributed by atoms with Crippen molar-refractivity contribution in [2.24, 2.45) is 5.10 Å². The van der Waals surface area contributed by atoms with Crippen molar-refractivity contribution in [2.45, 2.75) is 13.5 Å². The van der Waals surface area contributed by atoms with Gasteiger partial charge in [0.2, 0.25) is 0 Å². The molecule has 1 amide bonds. The van der Waals surface area contributed by atoms with Crippen molar-refractivity contribution in [3.63, 3.8) is 0 Å². The molecule has 0 saturated heterocycles. The first kappa shape index (κ1) is 21.1. The lowest BCUT2D eigenvalue weighted by molar-refractivity contribution is 0.0955. The highest BCUT2D eigenvalue weighted by atomic mass is 16.5. The van der Waals surface area contributed by atoms with Gasteiger partial charge in [0.05, 0.1) is 6.21 Å². The van der Waals surface area contributed by atoms with E-state index < -0.39 is 0 Å². The first-order chi connectivity index (χ1) is 15.7. The van der Waals surface area contributed by atoms with Crippen LogP contribution in [-0.2, 0) is 6.61 Å². The van der Waals surface area contributed by atoms with E-state index in [1.807, 2.05) is 79.7 Å². The van der Waals surface area contributed by atoms with E-state index in [2.05, 4.69) is 28.7 Å². The molecule has 0 heterocycles. The van der Waals surface area contributed by atoms with E-state index in [0.29, 0.717) is 12.2 Å². The maximum atomic E-state index is 12.3. The number of nitrogens with zero attached hydrogens (tertiary/aromatic N) is 1. The number of rotatable bonds is 7. The topological polar surface area (TPSA) is 50.7 Å². The summed E-state index contributed by atoms with van der Waals surface area (Å²) in [5.74, 6) is 0.571. The van der Waals surface area contributed by atoms with E-state index in [9.17, 15) is 4.79 Å². The molecule has 0 atom stereocenters. The molecule has 4 aromatic carbocycles. The highest BCUT2D eigenvalue weighted by Gasteiger charge is 2.07. The molecular formula is C28H24N2O2. The van der Waals surface area contributed by atoms with Crippen LogP contribution in [0.25, 0.3) is 11.1 Å². The first-order valence-corrected chi connectivity index (χ1v) is 10.5. The van der Waals surface area contributed by atoms with E-state index in [4.69, 9.17) is 4.74 Å². The molecule has 0 bridgehead atoms. The average molecular weight is 421 g/mol. The van der Waals surface area contributed by atoms with Crippen LogP contribution < -0.4 is 10.2 Å². The van der Waals surface area contributed by atoms with Crippen LogP contribution in [0.3, 0.4) is 0 Å². The van der Waals surface area contributed by atoms with Gasteiger partial charge in [-0.3, -0.25) is 4.79 Å². The molecule has 4 rings (SSSR count). The predicted molar refractivity (Wildman–Crippen MR) is 129 cm³/mol. The van der Waals surface area contributed by atoms with E-state index >= 15 is 0 Å². The maximum absolute atomic E-state index is 12.3. The Hall–Kier alpha value is -4.18. The lowest BCUT2D eigenvalue weighted by Crippen LogP contribution is -2.17. The van der Waals surface area contributed by atoms with Gasteiger partial charge in [-0.1, -0.05) is 90.5 Å². The highest BCUT2D eigenvalue weighted by molar-refractivity contribution is 5.94. The molecule has 0 unspecified atom stereocenters. The fraction of sp³-hybridized carbons (Fsp3) is 0.0714. The molecule has 0 aliphatic rings. The van der Waals surface area contributed by atoms with Gasteiger partial charge in [0.1, 0.15) is 12.4 Å². The Labute approximate surface area is 188 Å². The van der Waals surface area contributed by atoms with E-state index in [1.165, 1.54) is 0 Å². The van der Waals surface area contributed by atoms with Crippen LogP contribution in [0.1, 0.15) is 27.0 Å². The molecule has 158 valence electrons. The zero-order valence-electron chi connectivity index (χ0n) is 17.9. The number of hydrazone groups is 1. The average Bonchev–Trinajstić information content (AvgIpc) is 2.84. The summed E-state index contributed by atoms with van der Waals surface area (Å²) in [6, 6.07) is 33.4. The number of hydrogen-bond acceptors (Lipinski definition) is 3. The molecular weight excluding hydrogens is 396 g/mol. The van der Waals surface area contributed by atoms with E-state index in [1.54, 1.807) is 18.3 Å². The number of nitrogens with one attached hydrogen (secondary N) is 1. The molecule has 32 heavy (non-hydrogen) atoms. The van der Waals surface area contributed by atoms with Gasteiger partial charge < -0.3 is 4.74 Å². The Kier molecular flexibility index (Phi) is 6.73. The molecule has 0 saturated carbocycles. The minimum absolute atomic E-state index is 0.254. The standard InChI is InChI=1S/C28H24N2O2/c1-21-8-7-9-23(18-21)19-29-30-28(31)25-16-14-22(15-17-25)20-32-27-13-6-5-12-26(27)24-10-3-2-4-11-24/h2-19H,20H2,1H3,(H,30,31)/b29-19+. The zero-order valence-corrected chi connectivity index (χ0v) is 17.9. The van der Waals surface area contributed by atoms with Gasteiger partial charge in [-0.2, -0.15) is 5.10 Å². The second-order valence-corrected chi connectivity index (χ2v) is 7.46. The van der Waals surface area contributed by atoms with Gasteiger partial charge in [0.25, 0.3) is 5.91 Å². The summed E-state index contributed by atoms with van der Waals surface area (Å²) in [6.07, 6.45) is 1.64. The fourth-order valence-electron chi connectivity index (χ4n) is 3.34. The van der Waals surface area contributed by atoms with Gasteiger partial charge in [-0.05, 0) is 41.8 Å². The molecule has 0 radical (unpaired) electrons. The Morgan fingerprint density at radius 1 is 0.875 bits per heavy atom. The van der Waals surface area contributed by atoms with Gasteiger partial charge in [-0.15, -0.1) is 0 Å². The van der Waals surface area contributed by atoms with Gasteiger partial charge in [-0.25, -0.2) is 5.43 Å². The minimum Gasteiger partial charge on any atom is -0.488 e. The quantitative estimate of drug-likeness (QED) is 0.294. The normalized spacial score (nSPS) is 10.8. The van der Waals surface area contributed by atoms with Crippen molar-refractivity contribution in [3.05, 3.63) is 125 Å². The maximum Gasteiger partial charge on any atom is 0.271 e. The molecule has 4 nitrogen and oxygen atoms in total. The van der Waals surface area contributed by atoms with Crippen molar-refractivity contribution in [2.75, 3.05) is 0 Å². The number of benzene rings is 4. The Bertz CT molecular complexity index is 1220. The van der Waals surface area contributed by atoms with Crippen molar-refractivity contribution < 1.29 is 9.53 Å². The number of hydrogen-bond donors (Lipinski definition) is 1. The van der Waals surface area contributed by atoms with Crippen molar-refractivity contribution in [3.8, 4) is 16.9 Å². The number of carbonyl (C=O) groups excluding carboxylic acids is 1. The lowest BCUT2D eigenvalue weighted by atomic mass is 10.0. The monoisotopic (exact) mass is 420 g/mol. The lowest BCUT2D eigenvalue weighted by Gasteiger charge is -2.12. The molecule has 0 aliphatic heterocycles. The summed E-state index contributed by atoms with van der Waals surface area (Å²) in [6.45, 7) is 2.43. The largest absolute Gasteiger partial charge is 0.488 e. The Morgan fingerprint density at radius 2 is 1.62 bits per heavy atom. The van der Waals surface area contributed by atoms with Crippen LogP contribution in [0.2, 0.25) is 0 Å². The molecule has 0 fully saturated rings. The molecule has 0 aromatic heterocycles. The van der Waals surface area contributed by atoms with Crippen molar-refractivity contribution in [1.82, 2.24) is 5.43 Å². The van der Waals surface area contributed by atoms with Crippen LogP contribution in [0.5, 0.6) is 5.75 Å². The third-order valence-electron chi connectivity index (χ3n) is 5.00. The molecule has 0 spiro atoms. The highest BCUT2D eigenvalue weighted by Crippen LogP contribution is 2.30. The van der Waals surface area contributed by atoms with Crippen molar-refractivity contribution >= 4 is 12.1 Å². The van der Waals surface area contributed by atoms with E-state index in [-0.39, 0.29) is 5.91 Å². The van der Waals surface area contributed by atoms with Gasteiger partial charge in [0, 0.05) is 11.1 Å². The van der Waals surface area contributed by atoms with Crippen LogP contribution in [0.4, 0.5) is 0 Å². The second-order valence-electron chi connectivity index (χ2n) is 7.46. The molecule has 4 heteroatoms. The van der Waals surface area contributed by atoms with Crippen LogP contribution in [0.15, 0.2) is 108 Å². The van der Waals surface area contributed by atoms with Gasteiger partial charge in [0.15, 0.2) is 0 Å². The number of amides is 1. The smallest absolute Gasteiger partial charge is 0.271 e. The zero-order chi connectivity index (χ0) is 22.2. The summed E-state index contributed by atoms with van der Waals surface area (Å²) in [7, 11) is 0. The van der Waals surface area contributed by atoms with Gasteiger partial charge >= 0.3 is 0 Å². The summed E-state index contributed by atoms with van der Waals surface area (Å²) in [5.41, 5.74) is 8.34. The summed E-state index contributed by atoms with van der Waals surface area (Å²) < 4.78 is 6.08. The van der Waals surface area contributed by atoms with Crippen molar-refractivity contribution in [1.29, 1.82) is 0 Å². The SMILES string of the molecule is Cc1cccc(/C=N/NC(=O)c2ccc(COc3ccccc3-c3ccccc3)cc2)c1. The molecule has 0 aliphatic carbocycles. The third-order valence-corrected chi connectivity index (χ3v) is 5.00. The predicted octanol–water partition coefficient (Wildman–Crippen LogP) is 6.00. The Balaban J connectivity index is 1.36. The third kappa shape index (κ3) is 5.49.